The summed E-state index contributed by atoms with van der Waals surface area (Å²) in [5.41, 5.74) is -0.0998. The Labute approximate surface area is 109 Å². The molecule has 0 aromatic carbocycles. The Morgan fingerprint density at radius 1 is 1.35 bits per heavy atom. The van der Waals surface area contributed by atoms with Crippen molar-refractivity contribution in [2.45, 2.75) is 38.8 Å². The fourth-order valence-corrected chi connectivity index (χ4v) is 2.49. The lowest BCUT2D eigenvalue weighted by Crippen LogP contribution is -2.69. The molecule has 17 heavy (non-hydrogen) atoms. The summed E-state index contributed by atoms with van der Waals surface area (Å²) in [5, 5.41) is 6.25. The quantitative estimate of drug-likeness (QED) is 0.796. The molecule has 1 aliphatic heterocycles. The van der Waals surface area contributed by atoms with Crippen LogP contribution in [0.3, 0.4) is 0 Å². The molecule has 0 aromatic rings. The van der Waals surface area contributed by atoms with Crippen molar-refractivity contribution in [1.29, 1.82) is 0 Å². The third-order valence-electron chi connectivity index (χ3n) is 4.75. The first-order valence-electron chi connectivity index (χ1n) is 5.97. The highest BCUT2D eigenvalue weighted by Crippen LogP contribution is 2.51. The number of ether oxygens (including phenoxy) is 1. The molecule has 1 saturated heterocycles. The maximum atomic E-state index is 11.8. The van der Waals surface area contributed by atoms with E-state index in [1.807, 2.05) is 0 Å². The highest BCUT2D eigenvalue weighted by molar-refractivity contribution is 5.85. The molecular weight excluding hydrogens is 240 g/mol. The van der Waals surface area contributed by atoms with E-state index >= 15 is 0 Å². The third kappa shape index (κ3) is 2.18. The molecule has 4 nitrogen and oxygen atoms in total. The smallest absolute Gasteiger partial charge is 0.225 e. The minimum absolute atomic E-state index is 0. The van der Waals surface area contributed by atoms with E-state index in [1.165, 1.54) is 0 Å². The zero-order valence-corrected chi connectivity index (χ0v) is 11.8. The van der Waals surface area contributed by atoms with Gasteiger partial charge in [0.2, 0.25) is 5.91 Å². The van der Waals surface area contributed by atoms with E-state index in [1.54, 1.807) is 7.11 Å². The first-order chi connectivity index (χ1) is 7.40. The summed E-state index contributed by atoms with van der Waals surface area (Å²) in [6.07, 6.45) is 0.905. The molecule has 2 rings (SSSR count). The largest absolute Gasteiger partial charge is 0.378 e. The van der Waals surface area contributed by atoms with Crippen LogP contribution in [0.1, 0.15) is 27.2 Å². The molecule has 0 radical (unpaired) electrons. The van der Waals surface area contributed by atoms with Gasteiger partial charge in [0, 0.05) is 31.7 Å². The number of carbonyl (C=O) groups is 1. The lowest BCUT2D eigenvalue weighted by atomic mass is 9.55. The van der Waals surface area contributed by atoms with Crippen LogP contribution in [-0.4, -0.2) is 37.7 Å². The number of methoxy groups -OCH3 is 1. The number of hydrogen-bond acceptors (Lipinski definition) is 3. The van der Waals surface area contributed by atoms with Gasteiger partial charge < -0.3 is 15.4 Å². The summed E-state index contributed by atoms with van der Waals surface area (Å²) in [4.78, 5) is 11.8. The molecular formula is C12H23ClN2O2. The van der Waals surface area contributed by atoms with Crippen molar-refractivity contribution < 1.29 is 9.53 Å². The van der Waals surface area contributed by atoms with Crippen LogP contribution in [0.25, 0.3) is 0 Å². The number of hydrogen-bond donors (Lipinski definition) is 2. The maximum Gasteiger partial charge on any atom is 0.225 e. The van der Waals surface area contributed by atoms with Gasteiger partial charge in [0.25, 0.3) is 0 Å². The fraction of sp³-hybridized carbons (Fsp3) is 0.917. The molecule has 1 aliphatic carbocycles. The second kappa shape index (κ2) is 4.75. The lowest BCUT2D eigenvalue weighted by Gasteiger charge is -2.59. The second-order valence-corrected chi connectivity index (χ2v) is 5.78. The number of amides is 1. The van der Waals surface area contributed by atoms with Crippen molar-refractivity contribution >= 4 is 18.3 Å². The predicted molar refractivity (Wildman–Crippen MR) is 69.4 cm³/mol. The van der Waals surface area contributed by atoms with Crippen LogP contribution < -0.4 is 10.6 Å². The predicted octanol–water partition coefficient (Wildman–Crippen LogP) is 0.947. The van der Waals surface area contributed by atoms with Crippen molar-refractivity contribution in [2.75, 3.05) is 20.2 Å². The highest BCUT2D eigenvalue weighted by Gasteiger charge is 2.58. The van der Waals surface area contributed by atoms with Gasteiger partial charge in [0.1, 0.15) is 0 Å². The summed E-state index contributed by atoms with van der Waals surface area (Å²) in [5.74, 6) is 0.361. The van der Waals surface area contributed by atoms with Gasteiger partial charge in [-0.3, -0.25) is 4.79 Å². The van der Waals surface area contributed by atoms with Crippen LogP contribution in [-0.2, 0) is 9.53 Å². The molecule has 2 unspecified atom stereocenters. The second-order valence-electron chi connectivity index (χ2n) is 5.78. The fourth-order valence-electron chi connectivity index (χ4n) is 2.49. The van der Waals surface area contributed by atoms with Gasteiger partial charge in [-0.2, -0.15) is 0 Å². The molecule has 0 spiro atoms. The molecule has 2 aliphatic rings. The summed E-state index contributed by atoms with van der Waals surface area (Å²) in [6.45, 7) is 8.07. The molecule has 100 valence electrons. The van der Waals surface area contributed by atoms with Gasteiger partial charge in [-0.15, -0.1) is 12.4 Å². The number of rotatable bonds is 3. The van der Waals surface area contributed by atoms with E-state index in [0.717, 1.165) is 19.5 Å². The SMILES string of the molecule is COC1(C)CC(NC(=O)C2CNC2)C1(C)C.Cl. The molecule has 1 amide bonds. The first-order valence-corrected chi connectivity index (χ1v) is 5.97. The number of halogens is 1. The van der Waals surface area contributed by atoms with E-state index < -0.39 is 0 Å². The van der Waals surface area contributed by atoms with E-state index in [0.29, 0.717) is 0 Å². The van der Waals surface area contributed by atoms with Crippen LogP contribution in [0, 0.1) is 11.3 Å². The highest BCUT2D eigenvalue weighted by atomic mass is 35.5. The van der Waals surface area contributed by atoms with Crippen molar-refractivity contribution in [1.82, 2.24) is 10.6 Å². The Morgan fingerprint density at radius 3 is 2.29 bits per heavy atom. The molecule has 1 saturated carbocycles. The Bertz CT molecular complexity index is 305. The zero-order valence-electron chi connectivity index (χ0n) is 11.0. The Morgan fingerprint density at radius 2 is 1.94 bits per heavy atom. The Hall–Kier alpha value is -0.320. The van der Waals surface area contributed by atoms with Crippen molar-refractivity contribution in [3.05, 3.63) is 0 Å². The molecule has 2 N–H and O–H groups in total. The zero-order chi connectivity index (χ0) is 12.0. The summed E-state index contributed by atoms with van der Waals surface area (Å²) < 4.78 is 5.54. The minimum atomic E-state index is -0.108. The molecule has 2 atom stereocenters. The van der Waals surface area contributed by atoms with E-state index in [4.69, 9.17) is 4.74 Å². The van der Waals surface area contributed by atoms with Gasteiger partial charge in [-0.05, 0) is 13.3 Å². The van der Waals surface area contributed by atoms with Crippen LogP contribution in [0.15, 0.2) is 0 Å². The van der Waals surface area contributed by atoms with Crippen LogP contribution in [0.5, 0.6) is 0 Å². The van der Waals surface area contributed by atoms with Crippen molar-refractivity contribution in [2.24, 2.45) is 11.3 Å². The monoisotopic (exact) mass is 262 g/mol. The van der Waals surface area contributed by atoms with E-state index in [2.05, 4.69) is 31.4 Å². The van der Waals surface area contributed by atoms with E-state index in [-0.39, 0.29) is 41.3 Å². The molecule has 0 bridgehead atoms. The first kappa shape index (κ1) is 14.7. The van der Waals surface area contributed by atoms with Gasteiger partial charge in [-0.25, -0.2) is 0 Å². The van der Waals surface area contributed by atoms with Gasteiger partial charge in [-0.1, -0.05) is 13.8 Å². The van der Waals surface area contributed by atoms with Gasteiger partial charge >= 0.3 is 0 Å². The molecule has 2 fully saturated rings. The summed E-state index contributed by atoms with van der Waals surface area (Å²) >= 11 is 0. The van der Waals surface area contributed by atoms with Gasteiger partial charge in [0.05, 0.1) is 11.5 Å². The van der Waals surface area contributed by atoms with Crippen LogP contribution in [0.2, 0.25) is 0 Å². The molecule has 1 heterocycles. The maximum absolute atomic E-state index is 11.8. The van der Waals surface area contributed by atoms with Gasteiger partial charge in [0.15, 0.2) is 0 Å². The standard InChI is InChI=1S/C12H22N2O2.ClH/c1-11(2)9(5-12(11,3)16-4)14-10(15)8-6-13-7-8;/h8-9,13H,5-7H2,1-4H3,(H,14,15);1H. The third-order valence-corrected chi connectivity index (χ3v) is 4.75. The topological polar surface area (TPSA) is 50.4 Å². The minimum Gasteiger partial charge on any atom is -0.378 e. The van der Waals surface area contributed by atoms with Crippen molar-refractivity contribution in [3.8, 4) is 0 Å². The average Bonchev–Trinajstić information content (AvgIpc) is 2.14. The lowest BCUT2D eigenvalue weighted by molar-refractivity contribution is -0.183. The summed E-state index contributed by atoms with van der Waals surface area (Å²) in [7, 11) is 1.75. The average molecular weight is 263 g/mol. The number of carbonyl (C=O) groups excluding carboxylic acids is 1. The van der Waals surface area contributed by atoms with E-state index in [9.17, 15) is 4.79 Å². The molecule has 0 aromatic heterocycles. The Balaban J connectivity index is 0.00000144. The molecule has 5 heteroatoms. The Kier molecular flexibility index (Phi) is 4.12. The van der Waals surface area contributed by atoms with Crippen molar-refractivity contribution in [3.63, 3.8) is 0 Å². The number of nitrogens with one attached hydrogen (secondary N) is 2. The van der Waals surface area contributed by atoms with Crippen LogP contribution >= 0.6 is 12.4 Å². The van der Waals surface area contributed by atoms with Crippen LogP contribution in [0.4, 0.5) is 0 Å². The normalized spacial score (nSPS) is 35.2. The summed E-state index contributed by atoms with van der Waals surface area (Å²) in [6, 6.07) is 0.241.